The highest BCUT2D eigenvalue weighted by atomic mass is 35.5. The van der Waals surface area contributed by atoms with Crippen LogP contribution < -0.4 is 10.6 Å². The highest BCUT2D eigenvalue weighted by Crippen LogP contribution is 2.18. The van der Waals surface area contributed by atoms with E-state index >= 15 is 0 Å². The summed E-state index contributed by atoms with van der Waals surface area (Å²) in [6.45, 7) is 4.02. The number of hydrogen-bond donors (Lipinski definition) is 2. The maximum atomic E-state index is 12.7. The molecular weight excluding hydrogens is 324 g/mol. The first kappa shape index (κ1) is 18.8. The molecule has 2 amide bonds. The molecule has 1 aliphatic carbocycles. The number of rotatable bonds is 6. The lowest BCUT2D eigenvalue weighted by molar-refractivity contribution is -0.125. The second kappa shape index (κ2) is 9.07. The molecule has 24 heavy (non-hydrogen) atoms. The predicted molar refractivity (Wildman–Crippen MR) is 97.2 cm³/mol. The van der Waals surface area contributed by atoms with Gasteiger partial charge in [0.15, 0.2) is 0 Å². The Morgan fingerprint density at radius 3 is 2.38 bits per heavy atom. The molecule has 1 aliphatic rings. The first-order chi connectivity index (χ1) is 11.5. The summed E-state index contributed by atoms with van der Waals surface area (Å²) in [6.07, 6.45) is 6.46. The molecule has 0 aliphatic heterocycles. The van der Waals surface area contributed by atoms with Crippen molar-refractivity contribution in [2.75, 3.05) is 0 Å². The number of amides is 2. The Balaban J connectivity index is 2.02. The quantitative estimate of drug-likeness (QED) is 0.816. The smallest absolute Gasteiger partial charge is 0.251 e. The first-order valence-corrected chi connectivity index (χ1v) is 9.26. The van der Waals surface area contributed by atoms with E-state index in [2.05, 4.69) is 10.6 Å². The van der Waals surface area contributed by atoms with Gasteiger partial charge in [0.25, 0.3) is 5.91 Å². The van der Waals surface area contributed by atoms with Gasteiger partial charge in [-0.1, -0.05) is 51.1 Å². The molecule has 2 unspecified atom stereocenters. The zero-order valence-corrected chi connectivity index (χ0v) is 15.2. The van der Waals surface area contributed by atoms with Gasteiger partial charge in [-0.3, -0.25) is 9.59 Å². The van der Waals surface area contributed by atoms with Crippen molar-refractivity contribution in [2.45, 2.75) is 64.5 Å². The Morgan fingerprint density at radius 2 is 1.79 bits per heavy atom. The summed E-state index contributed by atoms with van der Waals surface area (Å²) in [5.41, 5.74) is 0.512. The van der Waals surface area contributed by atoms with Crippen LogP contribution in [0.5, 0.6) is 0 Å². The summed E-state index contributed by atoms with van der Waals surface area (Å²) < 4.78 is 0. The molecule has 5 heteroatoms. The van der Waals surface area contributed by atoms with Crippen molar-refractivity contribution in [1.82, 2.24) is 10.6 Å². The molecule has 2 N–H and O–H groups in total. The molecule has 0 bridgehead atoms. The fraction of sp³-hybridized carbons (Fsp3) is 0.579. The molecule has 1 aromatic rings. The zero-order chi connectivity index (χ0) is 17.5. The molecule has 0 saturated heterocycles. The minimum absolute atomic E-state index is 0.0708. The Morgan fingerprint density at radius 1 is 1.17 bits per heavy atom. The average molecular weight is 351 g/mol. The molecule has 0 aromatic heterocycles. The third-order valence-corrected chi connectivity index (χ3v) is 5.09. The van der Waals surface area contributed by atoms with E-state index in [1.54, 1.807) is 24.3 Å². The van der Waals surface area contributed by atoms with Gasteiger partial charge in [0.1, 0.15) is 6.04 Å². The Labute approximate surface area is 149 Å². The summed E-state index contributed by atoms with van der Waals surface area (Å²) in [6, 6.07) is 6.42. The lowest BCUT2D eigenvalue weighted by Crippen LogP contribution is -2.52. The summed E-state index contributed by atoms with van der Waals surface area (Å²) >= 11 is 5.86. The van der Waals surface area contributed by atoms with Crippen molar-refractivity contribution in [2.24, 2.45) is 5.92 Å². The second-order valence-electron chi connectivity index (χ2n) is 6.69. The van der Waals surface area contributed by atoms with Gasteiger partial charge in [0.2, 0.25) is 5.91 Å². The van der Waals surface area contributed by atoms with Crippen LogP contribution in [0.25, 0.3) is 0 Å². The Bertz CT molecular complexity index is 553. The molecule has 0 radical (unpaired) electrons. The van der Waals surface area contributed by atoms with E-state index in [9.17, 15) is 9.59 Å². The van der Waals surface area contributed by atoms with Crippen molar-refractivity contribution in [1.29, 1.82) is 0 Å². The second-order valence-corrected chi connectivity index (χ2v) is 7.12. The molecule has 4 nitrogen and oxygen atoms in total. The fourth-order valence-corrected chi connectivity index (χ4v) is 3.19. The van der Waals surface area contributed by atoms with Crippen LogP contribution >= 0.6 is 11.6 Å². The molecule has 1 saturated carbocycles. The van der Waals surface area contributed by atoms with Crippen molar-refractivity contribution >= 4 is 23.4 Å². The van der Waals surface area contributed by atoms with Crippen LogP contribution in [0.1, 0.15) is 62.7 Å². The van der Waals surface area contributed by atoms with E-state index in [1.165, 1.54) is 6.42 Å². The predicted octanol–water partition coefficient (Wildman–Crippen LogP) is 3.93. The van der Waals surface area contributed by atoms with E-state index < -0.39 is 6.04 Å². The van der Waals surface area contributed by atoms with Gasteiger partial charge in [-0.15, -0.1) is 0 Å². The average Bonchev–Trinajstić information content (AvgIpc) is 2.60. The summed E-state index contributed by atoms with van der Waals surface area (Å²) in [5.74, 6) is -0.237. The van der Waals surface area contributed by atoms with Crippen LogP contribution in [-0.4, -0.2) is 23.9 Å². The van der Waals surface area contributed by atoms with Gasteiger partial charge in [-0.25, -0.2) is 0 Å². The van der Waals surface area contributed by atoms with Crippen molar-refractivity contribution < 1.29 is 9.59 Å². The van der Waals surface area contributed by atoms with Gasteiger partial charge in [-0.2, -0.15) is 0 Å². The molecule has 1 fully saturated rings. The maximum Gasteiger partial charge on any atom is 0.251 e. The largest absolute Gasteiger partial charge is 0.352 e. The van der Waals surface area contributed by atoms with E-state index in [-0.39, 0.29) is 23.8 Å². The van der Waals surface area contributed by atoms with E-state index in [0.29, 0.717) is 10.6 Å². The van der Waals surface area contributed by atoms with Gasteiger partial charge in [-0.05, 0) is 43.0 Å². The molecule has 2 atom stereocenters. The van der Waals surface area contributed by atoms with Gasteiger partial charge in [0.05, 0.1) is 0 Å². The van der Waals surface area contributed by atoms with E-state index in [1.807, 2.05) is 13.8 Å². The third kappa shape index (κ3) is 5.23. The summed E-state index contributed by atoms with van der Waals surface area (Å²) in [5, 5.41) is 6.61. The number of carbonyl (C=O) groups excluding carboxylic acids is 2. The van der Waals surface area contributed by atoms with E-state index in [0.717, 1.165) is 32.1 Å². The van der Waals surface area contributed by atoms with Crippen molar-refractivity contribution in [3.63, 3.8) is 0 Å². The van der Waals surface area contributed by atoms with Gasteiger partial charge >= 0.3 is 0 Å². The third-order valence-electron chi connectivity index (χ3n) is 4.84. The summed E-state index contributed by atoms with van der Waals surface area (Å²) in [4.78, 5) is 25.1. The van der Waals surface area contributed by atoms with Crippen LogP contribution in [0.15, 0.2) is 24.3 Å². The number of benzene rings is 1. The van der Waals surface area contributed by atoms with Crippen LogP contribution in [0, 0.1) is 5.92 Å². The first-order valence-electron chi connectivity index (χ1n) is 8.88. The topological polar surface area (TPSA) is 58.2 Å². The van der Waals surface area contributed by atoms with Crippen LogP contribution in [-0.2, 0) is 4.79 Å². The maximum absolute atomic E-state index is 12.7. The van der Waals surface area contributed by atoms with Gasteiger partial charge < -0.3 is 10.6 Å². The Hall–Kier alpha value is -1.55. The number of carbonyl (C=O) groups is 2. The molecule has 2 rings (SSSR count). The number of halogens is 1. The normalized spacial score (nSPS) is 17.8. The van der Waals surface area contributed by atoms with Crippen LogP contribution in [0.2, 0.25) is 5.02 Å². The SMILES string of the molecule is CCC(C)C(NC(=O)c1ccc(Cl)cc1)C(=O)NC1CCCCC1. The van der Waals surface area contributed by atoms with Gasteiger partial charge in [0, 0.05) is 16.6 Å². The molecular formula is C19H27ClN2O2. The highest BCUT2D eigenvalue weighted by molar-refractivity contribution is 6.30. The van der Waals surface area contributed by atoms with Crippen molar-refractivity contribution in [3.05, 3.63) is 34.9 Å². The summed E-state index contributed by atoms with van der Waals surface area (Å²) in [7, 11) is 0. The Kier molecular flexibility index (Phi) is 7.10. The standard InChI is InChI=1S/C19H27ClN2O2/c1-3-13(2)17(19(24)21-16-7-5-4-6-8-16)22-18(23)14-9-11-15(20)12-10-14/h9-13,16-17H,3-8H2,1-2H3,(H,21,24)(H,22,23). The molecule has 0 heterocycles. The zero-order valence-electron chi connectivity index (χ0n) is 14.5. The highest BCUT2D eigenvalue weighted by Gasteiger charge is 2.28. The number of nitrogens with one attached hydrogen (secondary N) is 2. The van der Waals surface area contributed by atoms with Crippen LogP contribution in [0.4, 0.5) is 0 Å². The lowest BCUT2D eigenvalue weighted by Gasteiger charge is -2.28. The molecule has 1 aromatic carbocycles. The fourth-order valence-electron chi connectivity index (χ4n) is 3.07. The molecule has 132 valence electrons. The minimum atomic E-state index is -0.514. The minimum Gasteiger partial charge on any atom is -0.352 e. The number of hydrogen-bond acceptors (Lipinski definition) is 2. The van der Waals surface area contributed by atoms with E-state index in [4.69, 9.17) is 11.6 Å². The lowest BCUT2D eigenvalue weighted by atomic mass is 9.93. The monoisotopic (exact) mass is 350 g/mol. The van der Waals surface area contributed by atoms with Crippen molar-refractivity contribution in [3.8, 4) is 0 Å². The molecule has 0 spiro atoms. The van der Waals surface area contributed by atoms with Crippen LogP contribution in [0.3, 0.4) is 0 Å².